The fourth-order valence-corrected chi connectivity index (χ4v) is 1.05. The van der Waals surface area contributed by atoms with Crippen LogP contribution in [0.25, 0.3) is 0 Å². The first-order chi connectivity index (χ1) is 6.50. The molecule has 1 aromatic carbocycles. The smallest absolute Gasteiger partial charge is 0.330 e. The molecule has 0 saturated carbocycles. The van der Waals surface area contributed by atoms with Gasteiger partial charge in [-0.25, -0.2) is 9.18 Å². The van der Waals surface area contributed by atoms with Gasteiger partial charge in [0.05, 0.1) is 6.61 Å². The average molecular weight is 199 g/mol. The van der Waals surface area contributed by atoms with E-state index in [0.29, 0.717) is 0 Å². The second-order valence-electron chi connectivity index (χ2n) is 2.94. The van der Waals surface area contributed by atoms with Crippen molar-refractivity contribution in [2.75, 3.05) is 6.61 Å². The number of aliphatic hydroxyl groups excluding tert-OH is 1. The summed E-state index contributed by atoms with van der Waals surface area (Å²) < 4.78 is 12.8. The van der Waals surface area contributed by atoms with Gasteiger partial charge >= 0.3 is 5.97 Å². The first-order valence-electron chi connectivity index (χ1n) is 3.90. The third-order valence-electron chi connectivity index (χ3n) is 1.97. The van der Waals surface area contributed by atoms with Gasteiger partial charge in [0.25, 0.3) is 0 Å². The molecular weight excluding hydrogens is 189 g/mol. The van der Waals surface area contributed by atoms with Gasteiger partial charge in [0.2, 0.25) is 0 Å². The normalized spacial score (nSPS) is 14.8. The van der Waals surface area contributed by atoms with Gasteiger partial charge < -0.3 is 15.9 Å². The summed E-state index contributed by atoms with van der Waals surface area (Å²) in [5.74, 6) is -1.99. The Labute approximate surface area is 79.8 Å². The molecule has 0 radical (unpaired) electrons. The van der Waals surface area contributed by atoms with Crippen molar-refractivity contribution >= 4 is 5.97 Å². The van der Waals surface area contributed by atoms with Crippen LogP contribution >= 0.6 is 0 Å². The largest absolute Gasteiger partial charge is 0.480 e. The number of hydrogen-bond acceptors (Lipinski definition) is 3. The van der Waals surface area contributed by atoms with E-state index < -0.39 is 23.9 Å². The summed E-state index contributed by atoms with van der Waals surface area (Å²) in [6.07, 6.45) is 0. The number of carboxylic acid groups (broad SMARTS) is 1. The van der Waals surface area contributed by atoms with E-state index in [9.17, 15) is 9.18 Å². The number of carbonyl (C=O) groups is 1. The first kappa shape index (κ1) is 10.6. The second kappa shape index (κ2) is 3.73. The molecule has 1 atom stereocenters. The molecule has 5 heteroatoms. The molecule has 0 amide bonds. The lowest BCUT2D eigenvalue weighted by atomic mass is 9.92. The first-order valence-corrected chi connectivity index (χ1v) is 3.90. The van der Waals surface area contributed by atoms with Crippen LogP contribution < -0.4 is 5.73 Å². The van der Waals surface area contributed by atoms with Crippen LogP contribution in [-0.2, 0) is 10.3 Å². The standard InChI is InChI=1S/C9H10FNO3/c10-7-3-1-2-6(4-7)9(11,5-12)8(13)14/h1-4,12H,5,11H2,(H,13,14). The zero-order valence-electron chi connectivity index (χ0n) is 7.27. The van der Waals surface area contributed by atoms with E-state index in [-0.39, 0.29) is 5.56 Å². The lowest BCUT2D eigenvalue weighted by Crippen LogP contribution is -2.48. The number of hydrogen-bond donors (Lipinski definition) is 3. The molecule has 0 heterocycles. The summed E-state index contributed by atoms with van der Waals surface area (Å²) in [7, 11) is 0. The third kappa shape index (κ3) is 1.73. The lowest BCUT2D eigenvalue weighted by molar-refractivity contribution is -0.145. The monoisotopic (exact) mass is 199 g/mol. The fourth-order valence-electron chi connectivity index (χ4n) is 1.05. The molecule has 1 aromatic rings. The number of carboxylic acids is 1. The SMILES string of the molecule is NC(CO)(C(=O)O)c1cccc(F)c1. The molecule has 14 heavy (non-hydrogen) atoms. The molecule has 1 rings (SSSR count). The maximum absolute atomic E-state index is 12.8. The van der Waals surface area contributed by atoms with Crippen LogP contribution in [0.3, 0.4) is 0 Å². The molecule has 0 bridgehead atoms. The van der Waals surface area contributed by atoms with E-state index in [2.05, 4.69) is 0 Å². The predicted molar refractivity (Wildman–Crippen MR) is 47.0 cm³/mol. The van der Waals surface area contributed by atoms with Crippen molar-refractivity contribution in [3.8, 4) is 0 Å². The summed E-state index contributed by atoms with van der Waals surface area (Å²) >= 11 is 0. The number of benzene rings is 1. The van der Waals surface area contributed by atoms with Crippen molar-refractivity contribution < 1.29 is 19.4 Å². The minimum absolute atomic E-state index is 0.0347. The number of aliphatic hydroxyl groups is 1. The van der Waals surface area contributed by atoms with Crippen molar-refractivity contribution in [3.63, 3.8) is 0 Å². The van der Waals surface area contributed by atoms with E-state index >= 15 is 0 Å². The Morgan fingerprint density at radius 3 is 2.64 bits per heavy atom. The fraction of sp³-hybridized carbons (Fsp3) is 0.222. The summed E-state index contributed by atoms with van der Waals surface area (Å²) in [4.78, 5) is 10.8. The molecule has 0 aliphatic carbocycles. The minimum Gasteiger partial charge on any atom is -0.480 e. The highest BCUT2D eigenvalue weighted by Gasteiger charge is 2.35. The Bertz CT molecular complexity index is 356. The molecule has 0 aliphatic heterocycles. The van der Waals surface area contributed by atoms with Crippen molar-refractivity contribution in [1.82, 2.24) is 0 Å². The quantitative estimate of drug-likeness (QED) is 0.642. The highest BCUT2D eigenvalue weighted by molar-refractivity contribution is 5.80. The van der Waals surface area contributed by atoms with Crippen LogP contribution in [0, 0.1) is 5.82 Å². The molecule has 0 aromatic heterocycles. The van der Waals surface area contributed by atoms with E-state index in [1.165, 1.54) is 18.2 Å². The number of nitrogens with two attached hydrogens (primary N) is 1. The second-order valence-corrected chi connectivity index (χ2v) is 2.94. The van der Waals surface area contributed by atoms with Crippen LogP contribution in [0.4, 0.5) is 4.39 Å². The van der Waals surface area contributed by atoms with E-state index in [0.717, 1.165) is 6.07 Å². The summed E-state index contributed by atoms with van der Waals surface area (Å²) in [5.41, 5.74) is 3.51. The molecule has 0 aliphatic rings. The van der Waals surface area contributed by atoms with E-state index in [1.807, 2.05) is 0 Å². The maximum Gasteiger partial charge on any atom is 0.330 e. The lowest BCUT2D eigenvalue weighted by Gasteiger charge is -2.22. The predicted octanol–water partition coefficient (Wildman–Crippen LogP) is 0.0566. The average Bonchev–Trinajstić information content (AvgIpc) is 2.16. The number of aliphatic carboxylic acids is 1. The molecule has 1 unspecified atom stereocenters. The van der Waals surface area contributed by atoms with Gasteiger partial charge in [0.1, 0.15) is 5.82 Å². The van der Waals surface area contributed by atoms with Gasteiger partial charge in [-0.05, 0) is 17.7 Å². The zero-order valence-corrected chi connectivity index (χ0v) is 7.27. The maximum atomic E-state index is 12.8. The molecular formula is C9H10FNO3. The Balaban J connectivity index is 3.19. The van der Waals surface area contributed by atoms with Crippen LogP contribution in [0.5, 0.6) is 0 Å². The Morgan fingerprint density at radius 1 is 1.57 bits per heavy atom. The van der Waals surface area contributed by atoms with Crippen molar-refractivity contribution in [1.29, 1.82) is 0 Å². The number of halogens is 1. The molecule has 4 nitrogen and oxygen atoms in total. The van der Waals surface area contributed by atoms with Crippen LogP contribution in [0.2, 0.25) is 0 Å². The van der Waals surface area contributed by atoms with Gasteiger partial charge in [0.15, 0.2) is 5.54 Å². The number of rotatable bonds is 3. The molecule has 4 N–H and O–H groups in total. The molecule has 0 fully saturated rings. The molecule has 0 saturated heterocycles. The topological polar surface area (TPSA) is 83.5 Å². The Kier molecular flexibility index (Phi) is 2.83. The van der Waals surface area contributed by atoms with Crippen LogP contribution in [-0.4, -0.2) is 22.8 Å². The van der Waals surface area contributed by atoms with Crippen LogP contribution in [0.1, 0.15) is 5.56 Å². The zero-order chi connectivity index (χ0) is 10.8. The van der Waals surface area contributed by atoms with Crippen molar-refractivity contribution in [2.45, 2.75) is 5.54 Å². The van der Waals surface area contributed by atoms with E-state index in [4.69, 9.17) is 15.9 Å². The van der Waals surface area contributed by atoms with Crippen molar-refractivity contribution in [2.24, 2.45) is 5.73 Å². The molecule has 76 valence electrons. The highest BCUT2D eigenvalue weighted by Crippen LogP contribution is 2.18. The van der Waals surface area contributed by atoms with Crippen molar-refractivity contribution in [3.05, 3.63) is 35.6 Å². The summed E-state index contributed by atoms with van der Waals surface area (Å²) in [5, 5.41) is 17.6. The Morgan fingerprint density at radius 2 is 2.21 bits per heavy atom. The molecule has 0 spiro atoms. The highest BCUT2D eigenvalue weighted by atomic mass is 19.1. The third-order valence-corrected chi connectivity index (χ3v) is 1.97. The van der Waals surface area contributed by atoms with Gasteiger partial charge in [-0.1, -0.05) is 12.1 Å². The van der Waals surface area contributed by atoms with Gasteiger partial charge in [-0.15, -0.1) is 0 Å². The van der Waals surface area contributed by atoms with E-state index in [1.54, 1.807) is 0 Å². The minimum atomic E-state index is -1.94. The van der Waals surface area contributed by atoms with Gasteiger partial charge in [-0.3, -0.25) is 0 Å². The summed E-state index contributed by atoms with van der Waals surface area (Å²) in [6, 6.07) is 4.85. The van der Waals surface area contributed by atoms with Crippen LogP contribution in [0.15, 0.2) is 24.3 Å². The van der Waals surface area contributed by atoms with Gasteiger partial charge in [-0.2, -0.15) is 0 Å². The Hall–Kier alpha value is -1.46. The summed E-state index contributed by atoms with van der Waals surface area (Å²) in [6.45, 7) is -0.786. The van der Waals surface area contributed by atoms with Gasteiger partial charge in [0, 0.05) is 0 Å².